The summed E-state index contributed by atoms with van der Waals surface area (Å²) in [4.78, 5) is 3.00. The van der Waals surface area contributed by atoms with Gasteiger partial charge in [-0.3, -0.25) is 0 Å². The van der Waals surface area contributed by atoms with E-state index >= 15 is 0 Å². The SMILES string of the molecule is c1cc2cc3c(cc2s1)CC(c1cc2cc4sccc4cc2s1)S3. The number of fused-ring (bicyclic) bond motifs is 4. The number of thiophene rings is 3. The van der Waals surface area contributed by atoms with Crippen LogP contribution >= 0.6 is 45.8 Å². The molecular weight excluding hydrogens is 368 g/mol. The summed E-state index contributed by atoms with van der Waals surface area (Å²) in [6.45, 7) is 0. The highest BCUT2D eigenvalue weighted by atomic mass is 32.2. The molecule has 0 nitrogen and oxygen atoms in total. The summed E-state index contributed by atoms with van der Waals surface area (Å²) < 4.78 is 4.24. The fourth-order valence-electron chi connectivity index (χ4n) is 3.53. The maximum atomic E-state index is 2.42. The Balaban J connectivity index is 1.43. The molecule has 1 atom stereocenters. The maximum absolute atomic E-state index is 2.42. The van der Waals surface area contributed by atoms with Crippen molar-refractivity contribution in [2.24, 2.45) is 0 Å². The highest BCUT2D eigenvalue weighted by Gasteiger charge is 2.26. The zero-order valence-electron chi connectivity index (χ0n) is 12.6. The molecule has 0 saturated heterocycles. The highest BCUT2D eigenvalue weighted by molar-refractivity contribution is 8.00. The van der Waals surface area contributed by atoms with E-state index in [1.165, 1.54) is 45.6 Å². The summed E-state index contributed by atoms with van der Waals surface area (Å²) in [6, 6.07) is 16.4. The largest absolute Gasteiger partial charge is 0.144 e. The van der Waals surface area contributed by atoms with Gasteiger partial charge in [0.25, 0.3) is 0 Å². The van der Waals surface area contributed by atoms with Crippen LogP contribution in [0, 0.1) is 0 Å². The smallest absolute Gasteiger partial charge is 0.0479 e. The van der Waals surface area contributed by atoms with Crippen molar-refractivity contribution in [3.05, 3.63) is 63.7 Å². The maximum Gasteiger partial charge on any atom is 0.0479 e. The molecule has 0 radical (unpaired) electrons. The lowest BCUT2D eigenvalue weighted by Gasteiger charge is -2.03. The first-order valence-corrected chi connectivity index (χ1v) is 11.4. The van der Waals surface area contributed by atoms with Crippen molar-refractivity contribution < 1.29 is 0 Å². The van der Waals surface area contributed by atoms with Crippen molar-refractivity contribution in [1.29, 1.82) is 0 Å². The topological polar surface area (TPSA) is 0 Å². The van der Waals surface area contributed by atoms with Gasteiger partial charge in [-0.05, 0) is 81.4 Å². The summed E-state index contributed by atoms with van der Waals surface area (Å²) >= 11 is 7.71. The van der Waals surface area contributed by atoms with E-state index in [0.717, 1.165) is 6.42 Å². The molecular formula is C20H12S4. The minimum Gasteiger partial charge on any atom is -0.144 e. The van der Waals surface area contributed by atoms with Gasteiger partial charge in [0.1, 0.15) is 0 Å². The number of rotatable bonds is 1. The number of hydrogen-bond acceptors (Lipinski definition) is 4. The molecule has 6 rings (SSSR count). The monoisotopic (exact) mass is 380 g/mol. The van der Waals surface area contributed by atoms with Gasteiger partial charge in [0.05, 0.1) is 0 Å². The Bertz CT molecular complexity index is 1130. The molecule has 0 spiro atoms. The van der Waals surface area contributed by atoms with Crippen LogP contribution < -0.4 is 0 Å². The van der Waals surface area contributed by atoms with Crippen LogP contribution in [0.25, 0.3) is 30.3 Å². The van der Waals surface area contributed by atoms with Crippen molar-refractivity contribution in [2.75, 3.05) is 0 Å². The normalized spacial score (nSPS) is 17.2. The van der Waals surface area contributed by atoms with E-state index in [4.69, 9.17) is 0 Å². The second-order valence-corrected chi connectivity index (χ2v) is 10.5. The third kappa shape index (κ3) is 2.04. The molecule has 4 heteroatoms. The molecule has 1 unspecified atom stereocenters. The van der Waals surface area contributed by atoms with Crippen LogP contribution in [0.4, 0.5) is 0 Å². The average molecular weight is 381 g/mol. The summed E-state index contributed by atoms with van der Waals surface area (Å²) in [5, 5.41) is 9.13. The van der Waals surface area contributed by atoms with Gasteiger partial charge in [0.2, 0.25) is 0 Å². The van der Waals surface area contributed by atoms with E-state index < -0.39 is 0 Å². The molecule has 0 amide bonds. The van der Waals surface area contributed by atoms with Crippen molar-refractivity contribution in [2.45, 2.75) is 16.6 Å². The van der Waals surface area contributed by atoms with Gasteiger partial charge in [-0.25, -0.2) is 0 Å². The number of benzene rings is 2. The molecule has 3 aromatic heterocycles. The Morgan fingerprint density at radius 2 is 1.50 bits per heavy atom. The second kappa shape index (κ2) is 5.09. The predicted octanol–water partition coefficient (Wildman–Crippen LogP) is 7.72. The third-order valence-corrected chi connectivity index (χ3v) is 9.20. The summed E-state index contributed by atoms with van der Waals surface area (Å²) in [5.74, 6) is 0. The molecule has 0 fully saturated rings. The first-order chi connectivity index (χ1) is 11.8. The van der Waals surface area contributed by atoms with Crippen LogP contribution in [-0.4, -0.2) is 0 Å². The fourth-order valence-corrected chi connectivity index (χ4v) is 7.79. The van der Waals surface area contributed by atoms with E-state index in [0.29, 0.717) is 5.25 Å². The predicted molar refractivity (Wildman–Crippen MR) is 111 cm³/mol. The molecule has 1 aliphatic rings. The molecule has 1 aliphatic heterocycles. The van der Waals surface area contributed by atoms with E-state index in [9.17, 15) is 0 Å². The molecule has 24 heavy (non-hydrogen) atoms. The van der Waals surface area contributed by atoms with Crippen molar-refractivity contribution in [3.63, 3.8) is 0 Å². The zero-order valence-corrected chi connectivity index (χ0v) is 15.9. The summed E-state index contributed by atoms with van der Waals surface area (Å²) in [6.07, 6.45) is 1.16. The van der Waals surface area contributed by atoms with Crippen molar-refractivity contribution >= 4 is 76.0 Å². The number of hydrogen-bond donors (Lipinski definition) is 0. The Morgan fingerprint density at radius 1 is 0.750 bits per heavy atom. The Morgan fingerprint density at radius 3 is 2.38 bits per heavy atom. The van der Waals surface area contributed by atoms with E-state index in [1.807, 2.05) is 45.8 Å². The zero-order chi connectivity index (χ0) is 15.7. The first-order valence-electron chi connectivity index (χ1n) is 7.91. The molecule has 2 aromatic carbocycles. The average Bonchev–Trinajstić information content (AvgIpc) is 3.33. The van der Waals surface area contributed by atoms with Crippen LogP contribution in [0.5, 0.6) is 0 Å². The Kier molecular flexibility index (Phi) is 2.95. The van der Waals surface area contributed by atoms with Gasteiger partial charge in [0.15, 0.2) is 0 Å². The summed E-state index contributed by atoms with van der Waals surface area (Å²) in [7, 11) is 0. The summed E-state index contributed by atoms with van der Waals surface area (Å²) in [5.41, 5.74) is 1.53. The Labute approximate surface area is 155 Å². The Hall–Kier alpha value is -1.33. The molecule has 0 bridgehead atoms. The molecule has 0 saturated carbocycles. The van der Waals surface area contributed by atoms with Crippen LogP contribution in [-0.2, 0) is 6.42 Å². The quantitative estimate of drug-likeness (QED) is 0.287. The van der Waals surface area contributed by atoms with E-state index in [-0.39, 0.29) is 0 Å². The molecule has 4 heterocycles. The molecule has 5 aromatic rings. The lowest BCUT2D eigenvalue weighted by Crippen LogP contribution is -1.87. The fraction of sp³-hybridized carbons (Fsp3) is 0.100. The van der Waals surface area contributed by atoms with Gasteiger partial charge in [0, 0.05) is 29.1 Å². The van der Waals surface area contributed by atoms with E-state index in [1.54, 1.807) is 0 Å². The van der Waals surface area contributed by atoms with Crippen LogP contribution in [0.15, 0.2) is 58.1 Å². The number of thioether (sulfide) groups is 1. The van der Waals surface area contributed by atoms with Gasteiger partial charge in [-0.15, -0.1) is 45.8 Å². The minimum absolute atomic E-state index is 0.576. The standard InChI is InChI=1S/C20H12S4/c1-3-21-15-7-13-9-19(23-17(13)5-11(1)15)20-10-14-8-16-12(2-4-22-16)6-18(14)24-20/h1-9,20H,10H2. The van der Waals surface area contributed by atoms with Gasteiger partial charge >= 0.3 is 0 Å². The van der Waals surface area contributed by atoms with Crippen LogP contribution in [0.1, 0.15) is 15.7 Å². The minimum atomic E-state index is 0.576. The molecule has 0 N–H and O–H groups in total. The van der Waals surface area contributed by atoms with Gasteiger partial charge < -0.3 is 0 Å². The van der Waals surface area contributed by atoms with Crippen LogP contribution in [0.2, 0.25) is 0 Å². The molecule has 0 aliphatic carbocycles. The third-order valence-electron chi connectivity index (χ3n) is 4.74. The van der Waals surface area contributed by atoms with Crippen LogP contribution in [0.3, 0.4) is 0 Å². The van der Waals surface area contributed by atoms with Gasteiger partial charge in [-0.2, -0.15) is 0 Å². The van der Waals surface area contributed by atoms with E-state index in [2.05, 4.69) is 53.2 Å². The van der Waals surface area contributed by atoms with Crippen molar-refractivity contribution in [3.8, 4) is 0 Å². The second-order valence-electron chi connectivity index (χ2n) is 6.23. The van der Waals surface area contributed by atoms with Crippen molar-refractivity contribution in [1.82, 2.24) is 0 Å². The lowest BCUT2D eigenvalue weighted by atomic mass is 10.1. The molecule has 116 valence electrons. The van der Waals surface area contributed by atoms with Gasteiger partial charge in [-0.1, -0.05) is 0 Å². The first kappa shape index (κ1) is 13.9. The lowest BCUT2D eigenvalue weighted by molar-refractivity contribution is 0.973. The highest BCUT2D eigenvalue weighted by Crippen LogP contribution is 2.50.